The average molecular weight is 757 g/mol. The molecule has 3 aromatic carbocycles. The third-order valence-corrected chi connectivity index (χ3v) is 12.6. The van der Waals surface area contributed by atoms with Crippen molar-refractivity contribution in [3.05, 3.63) is 77.4 Å². The Morgan fingerprint density at radius 3 is 2.31 bits per heavy atom. The molecule has 1 saturated carbocycles. The van der Waals surface area contributed by atoms with Crippen LogP contribution in [-0.4, -0.2) is 61.6 Å². The number of anilines is 2. The number of amides is 3. The monoisotopic (exact) mass is 756 g/mol. The number of Topliss-reactive ketones (excluding diaryl/α,β-unsaturated/α-hetero) is 1. The van der Waals surface area contributed by atoms with E-state index in [1.807, 2.05) is 58.0 Å². The van der Waals surface area contributed by atoms with Gasteiger partial charge in [-0.25, -0.2) is 13.2 Å². The Kier molecular flexibility index (Phi) is 11.9. The van der Waals surface area contributed by atoms with Gasteiger partial charge in [-0.1, -0.05) is 30.3 Å². The van der Waals surface area contributed by atoms with Gasteiger partial charge in [-0.2, -0.15) is 4.31 Å². The fraction of sp³-hybridized carbons (Fsp3) is 0.476. The van der Waals surface area contributed by atoms with Crippen LogP contribution < -0.4 is 16.0 Å². The third kappa shape index (κ3) is 9.75. The van der Waals surface area contributed by atoms with E-state index in [2.05, 4.69) is 16.0 Å². The number of nitrogens with zero attached hydrogens (tertiary/aromatic N) is 1. The number of carbonyl (C=O) groups excluding carboxylic acids is 4. The number of sulfonamides is 1. The van der Waals surface area contributed by atoms with Crippen molar-refractivity contribution in [3.8, 4) is 11.1 Å². The fourth-order valence-electron chi connectivity index (χ4n) is 7.75. The Balaban J connectivity index is 1.12. The van der Waals surface area contributed by atoms with E-state index in [0.717, 1.165) is 59.2 Å². The predicted molar refractivity (Wildman–Crippen MR) is 209 cm³/mol. The Hall–Kier alpha value is -4.55. The first-order valence-corrected chi connectivity index (χ1v) is 20.5. The van der Waals surface area contributed by atoms with E-state index in [9.17, 15) is 27.6 Å². The van der Waals surface area contributed by atoms with Crippen molar-refractivity contribution in [1.82, 2.24) is 9.62 Å². The van der Waals surface area contributed by atoms with Gasteiger partial charge in [-0.3, -0.25) is 14.4 Å². The highest BCUT2D eigenvalue weighted by Gasteiger charge is 2.32. The lowest BCUT2D eigenvalue weighted by molar-refractivity contribution is -0.129. The van der Waals surface area contributed by atoms with Crippen molar-refractivity contribution in [1.29, 1.82) is 0 Å². The smallest absolute Gasteiger partial charge is 0.407 e. The Labute approximate surface area is 318 Å². The maximum atomic E-state index is 13.9. The zero-order chi connectivity index (χ0) is 38.6. The molecule has 0 radical (unpaired) electrons. The van der Waals surface area contributed by atoms with Crippen LogP contribution in [0.5, 0.6) is 0 Å². The van der Waals surface area contributed by atoms with Crippen molar-refractivity contribution in [2.75, 3.05) is 30.3 Å². The highest BCUT2D eigenvalue weighted by Crippen LogP contribution is 2.33. The van der Waals surface area contributed by atoms with Gasteiger partial charge < -0.3 is 20.7 Å². The van der Waals surface area contributed by atoms with Crippen LogP contribution in [-0.2, 0) is 42.0 Å². The number of fused-ring (bicyclic) bond motifs is 1. The first-order valence-electron chi connectivity index (χ1n) is 19.1. The highest BCUT2D eigenvalue weighted by atomic mass is 32.2. The average Bonchev–Trinajstić information content (AvgIpc) is 3.80. The Bertz CT molecular complexity index is 1990. The molecule has 3 amide bonds. The number of benzene rings is 3. The molecule has 0 spiro atoms. The minimum atomic E-state index is -3.52. The third-order valence-electron chi connectivity index (χ3n) is 10.7. The van der Waals surface area contributed by atoms with E-state index in [1.165, 1.54) is 0 Å². The molecule has 3 N–H and O–H groups in total. The van der Waals surface area contributed by atoms with E-state index in [-0.39, 0.29) is 42.3 Å². The van der Waals surface area contributed by atoms with E-state index in [4.69, 9.17) is 4.74 Å². The van der Waals surface area contributed by atoms with E-state index < -0.39 is 27.6 Å². The molecular weight excluding hydrogens is 705 g/mol. The van der Waals surface area contributed by atoms with Gasteiger partial charge in [0.25, 0.3) is 0 Å². The SMILES string of the molecule is Cc1cc(S(=O)(=O)N2CCCC2)ccc1-c1ccc(C[C@H](CC(=O)C2CCC(CNC(=O)OC(C)(C)C)CC2)C(=O)Nc2ccc3c(c2)CC(=O)N3)cc1. The molecule has 1 aliphatic carbocycles. The summed E-state index contributed by atoms with van der Waals surface area (Å²) in [7, 11) is -3.52. The van der Waals surface area contributed by atoms with E-state index >= 15 is 0 Å². The van der Waals surface area contributed by atoms with Crippen molar-refractivity contribution >= 4 is 45.1 Å². The molecule has 0 aromatic heterocycles. The second kappa shape index (κ2) is 16.4. The summed E-state index contributed by atoms with van der Waals surface area (Å²) in [6.07, 6.45) is 5.02. The summed E-state index contributed by atoms with van der Waals surface area (Å²) in [6, 6.07) is 18.5. The lowest BCUT2D eigenvalue weighted by Gasteiger charge is -2.29. The molecule has 1 atom stereocenters. The predicted octanol–water partition coefficient (Wildman–Crippen LogP) is 7.03. The fourth-order valence-corrected chi connectivity index (χ4v) is 9.35. The Morgan fingerprint density at radius 1 is 0.944 bits per heavy atom. The molecule has 288 valence electrons. The van der Waals surface area contributed by atoms with Gasteiger partial charge in [-0.05, 0) is 137 Å². The van der Waals surface area contributed by atoms with Crippen molar-refractivity contribution in [3.63, 3.8) is 0 Å². The molecular formula is C42H52N4O7S. The van der Waals surface area contributed by atoms with Crippen LogP contribution in [0.1, 0.15) is 82.4 Å². The van der Waals surface area contributed by atoms with Crippen LogP contribution in [0.2, 0.25) is 0 Å². The minimum Gasteiger partial charge on any atom is -0.444 e. The van der Waals surface area contributed by atoms with Gasteiger partial charge in [-0.15, -0.1) is 0 Å². The molecule has 2 fully saturated rings. The summed E-state index contributed by atoms with van der Waals surface area (Å²) < 4.78 is 33.2. The molecule has 11 nitrogen and oxygen atoms in total. The number of aryl methyl sites for hydroxylation is 1. The molecule has 6 rings (SSSR count). The number of hydrogen-bond acceptors (Lipinski definition) is 7. The molecule has 12 heteroatoms. The topological polar surface area (TPSA) is 151 Å². The number of carbonyl (C=O) groups is 4. The number of alkyl carbamates (subject to hydrolysis) is 1. The second-order valence-electron chi connectivity index (χ2n) is 16.0. The lowest BCUT2D eigenvalue weighted by atomic mass is 9.77. The van der Waals surface area contributed by atoms with E-state index in [0.29, 0.717) is 49.5 Å². The van der Waals surface area contributed by atoms with Crippen LogP contribution in [0.3, 0.4) is 0 Å². The molecule has 0 bridgehead atoms. The van der Waals surface area contributed by atoms with Gasteiger partial charge in [0.2, 0.25) is 21.8 Å². The van der Waals surface area contributed by atoms with Gasteiger partial charge in [0, 0.05) is 49.3 Å². The van der Waals surface area contributed by atoms with Crippen molar-refractivity contribution in [2.24, 2.45) is 17.8 Å². The summed E-state index contributed by atoms with van der Waals surface area (Å²) in [4.78, 5) is 52.0. The maximum Gasteiger partial charge on any atom is 0.407 e. The van der Waals surface area contributed by atoms with Gasteiger partial charge >= 0.3 is 6.09 Å². The summed E-state index contributed by atoms with van der Waals surface area (Å²) in [5, 5.41) is 8.68. The molecule has 2 aliphatic heterocycles. The van der Waals surface area contributed by atoms with Crippen LogP contribution in [0.4, 0.5) is 16.2 Å². The number of ether oxygens (including phenoxy) is 1. The number of hydrogen-bond donors (Lipinski definition) is 3. The number of rotatable bonds is 12. The maximum absolute atomic E-state index is 13.9. The first-order chi connectivity index (χ1) is 25.6. The molecule has 0 unspecified atom stereocenters. The summed E-state index contributed by atoms with van der Waals surface area (Å²) in [6.45, 7) is 8.99. The molecule has 54 heavy (non-hydrogen) atoms. The molecule has 3 aromatic rings. The van der Waals surface area contributed by atoms with E-state index in [1.54, 1.807) is 34.6 Å². The van der Waals surface area contributed by atoms with Gasteiger partial charge in [0.1, 0.15) is 11.4 Å². The lowest BCUT2D eigenvalue weighted by Crippen LogP contribution is -2.37. The van der Waals surface area contributed by atoms with Crippen molar-refractivity contribution in [2.45, 2.75) is 96.0 Å². The summed E-state index contributed by atoms with van der Waals surface area (Å²) in [5.41, 5.74) is 5.17. The highest BCUT2D eigenvalue weighted by molar-refractivity contribution is 7.89. The summed E-state index contributed by atoms with van der Waals surface area (Å²) >= 11 is 0. The second-order valence-corrected chi connectivity index (χ2v) is 18.0. The zero-order valence-electron chi connectivity index (χ0n) is 31.7. The minimum absolute atomic E-state index is 0.0636. The number of nitrogens with one attached hydrogen (secondary N) is 3. The zero-order valence-corrected chi connectivity index (χ0v) is 32.5. The first kappa shape index (κ1) is 39.2. The van der Waals surface area contributed by atoms with Crippen molar-refractivity contribution < 1.29 is 32.3 Å². The number of ketones is 1. The Morgan fingerprint density at radius 2 is 1.65 bits per heavy atom. The normalized spacial score (nSPS) is 19.4. The van der Waals surface area contributed by atoms with Crippen LogP contribution in [0.15, 0.2) is 65.6 Å². The quantitative estimate of drug-likeness (QED) is 0.180. The largest absolute Gasteiger partial charge is 0.444 e. The standard InChI is InChI=1S/C42H52N4O7S/c1-27-21-35(54(51,52)46-19-5-6-20-46)16-17-36(27)30-11-7-28(8-12-30)22-33(40(49)44-34-15-18-37-32(23-34)25-39(48)45-37)24-38(47)31-13-9-29(10-14-31)26-43-41(50)53-42(2,3)4/h7-8,11-12,15-18,21,23,29,31,33H,5-6,9-10,13-14,19-20,22,24-26H2,1-4H3,(H,43,50)(H,44,49)(H,45,48)/t29?,31?,33-/m1/s1. The molecule has 3 aliphatic rings. The van der Waals surface area contributed by atoms with Gasteiger partial charge in [0.05, 0.1) is 11.3 Å². The molecule has 1 saturated heterocycles. The molecule has 2 heterocycles. The van der Waals surface area contributed by atoms with Crippen LogP contribution in [0, 0.1) is 24.7 Å². The van der Waals surface area contributed by atoms with Crippen LogP contribution >= 0.6 is 0 Å². The summed E-state index contributed by atoms with van der Waals surface area (Å²) in [5.74, 6) is -0.805. The van der Waals surface area contributed by atoms with Crippen LogP contribution in [0.25, 0.3) is 11.1 Å². The van der Waals surface area contributed by atoms with Gasteiger partial charge in [0.15, 0.2) is 0 Å².